The van der Waals surface area contributed by atoms with Gasteiger partial charge in [-0.05, 0) is 36.4 Å². The molecule has 0 atom stereocenters. The minimum Gasteiger partial charge on any atom is -0.378 e. The molecule has 2 aromatic rings. The lowest BCUT2D eigenvalue weighted by Crippen LogP contribution is -2.35. The number of hydrogen-bond acceptors (Lipinski definition) is 3. The number of amides is 2. The maximum Gasteiger partial charge on any atom is 0.255 e. The van der Waals surface area contributed by atoms with Gasteiger partial charge in [0.2, 0.25) is 0 Å². The summed E-state index contributed by atoms with van der Waals surface area (Å²) in [6.07, 6.45) is 0. The molecule has 25 heavy (non-hydrogen) atoms. The number of nitrogens with one attached hydrogen (secondary N) is 2. The van der Waals surface area contributed by atoms with E-state index in [9.17, 15) is 14.0 Å². The van der Waals surface area contributed by atoms with Gasteiger partial charge in [0.1, 0.15) is 5.82 Å². The van der Waals surface area contributed by atoms with E-state index in [2.05, 4.69) is 10.6 Å². The van der Waals surface area contributed by atoms with Crippen molar-refractivity contribution in [2.45, 2.75) is 0 Å². The molecule has 2 N–H and O–H groups in total. The van der Waals surface area contributed by atoms with E-state index in [0.717, 1.165) is 5.69 Å². The van der Waals surface area contributed by atoms with E-state index in [4.69, 9.17) is 11.6 Å². The predicted octanol–water partition coefficient (Wildman–Crippen LogP) is 2.70. The van der Waals surface area contributed by atoms with Crippen molar-refractivity contribution < 1.29 is 14.0 Å². The Morgan fingerprint density at radius 3 is 2.16 bits per heavy atom. The Bertz CT molecular complexity index is 743. The highest BCUT2D eigenvalue weighted by Crippen LogP contribution is 2.18. The summed E-state index contributed by atoms with van der Waals surface area (Å²) in [4.78, 5) is 25.9. The van der Waals surface area contributed by atoms with Crippen LogP contribution in [0, 0.1) is 5.82 Å². The standard InChI is InChI=1S/C18H19ClFN3O2/c1-23(2)13-8-6-12(7-9-13)17(24)21-10-11-22-18(25)16-14(19)4-3-5-15(16)20/h3-9H,10-11H2,1-2H3,(H,21,24)(H,22,25). The molecular formula is C18H19ClFN3O2. The summed E-state index contributed by atoms with van der Waals surface area (Å²) >= 11 is 5.83. The van der Waals surface area contributed by atoms with E-state index in [1.807, 2.05) is 31.1 Å². The molecule has 132 valence electrons. The summed E-state index contributed by atoms with van der Waals surface area (Å²) in [5.41, 5.74) is 1.31. The molecule has 0 aliphatic heterocycles. The van der Waals surface area contributed by atoms with Gasteiger partial charge in [0.05, 0.1) is 10.6 Å². The van der Waals surface area contributed by atoms with Gasteiger partial charge in [-0.15, -0.1) is 0 Å². The molecule has 0 saturated carbocycles. The molecule has 0 heterocycles. The third-order valence-electron chi connectivity index (χ3n) is 3.53. The molecule has 0 fully saturated rings. The van der Waals surface area contributed by atoms with Crippen LogP contribution in [-0.4, -0.2) is 39.0 Å². The first-order chi connectivity index (χ1) is 11.9. The monoisotopic (exact) mass is 363 g/mol. The van der Waals surface area contributed by atoms with Crippen molar-refractivity contribution in [3.63, 3.8) is 0 Å². The molecule has 0 spiro atoms. The lowest BCUT2D eigenvalue weighted by molar-refractivity contribution is 0.0925. The molecule has 0 aliphatic carbocycles. The second-order valence-corrected chi connectivity index (χ2v) is 5.96. The molecular weight excluding hydrogens is 345 g/mol. The van der Waals surface area contributed by atoms with Crippen molar-refractivity contribution in [3.8, 4) is 0 Å². The Balaban J connectivity index is 1.82. The summed E-state index contributed by atoms with van der Waals surface area (Å²) in [6, 6.07) is 11.2. The number of carbonyl (C=O) groups is 2. The summed E-state index contributed by atoms with van der Waals surface area (Å²) in [7, 11) is 3.83. The maximum absolute atomic E-state index is 13.6. The topological polar surface area (TPSA) is 61.4 Å². The number of halogens is 2. The van der Waals surface area contributed by atoms with Crippen molar-refractivity contribution in [3.05, 3.63) is 64.4 Å². The highest BCUT2D eigenvalue weighted by atomic mass is 35.5. The van der Waals surface area contributed by atoms with Crippen LogP contribution in [0.2, 0.25) is 5.02 Å². The van der Waals surface area contributed by atoms with Crippen LogP contribution in [0.25, 0.3) is 0 Å². The van der Waals surface area contributed by atoms with Crippen LogP contribution in [0.5, 0.6) is 0 Å². The van der Waals surface area contributed by atoms with E-state index < -0.39 is 11.7 Å². The first kappa shape index (κ1) is 18.7. The molecule has 0 unspecified atom stereocenters. The Hall–Kier alpha value is -2.60. The van der Waals surface area contributed by atoms with Gasteiger partial charge in [-0.25, -0.2) is 4.39 Å². The lowest BCUT2D eigenvalue weighted by atomic mass is 10.2. The van der Waals surface area contributed by atoms with Crippen LogP contribution >= 0.6 is 11.6 Å². The SMILES string of the molecule is CN(C)c1ccc(C(=O)NCCNC(=O)c2c(F)cccc2Cl)cc1. The molecule has 0 aliphatic rings. The zero-order chi connectivity index (χ0) is 18.4. The average Bonchev–Trinajstić information content (AvgIpc) is 2.58. The van der Waals surface area contributed by atoms with Gasteiger partial charge in [-0.1, -0.05) is 17.7 Å². The van der Waals surface area contributed by atoms with E-state index in [1.54, 1.807) is 12.1 Å². The number of nitrogens with zero attached hydrogens (tertiary/aromatic N) is 1. The van der Waals surface area contributed by atoms with Crippen molar-refractivity contribution >= 4 is 29.1 Å². The van der Waals surface area contributed by atoms with E-state index in [-0.39, 0.29) is 29.6 Å². The van der Waals surface area contributed by atoms with Crippen LogP contribution in [0.4, 0.5) is 10.1 Å². The lowest BCUT2D eigenvalue weighted by Gasteiger charge is -2.13. The number of benzene rings is 2. The summed E-state index contributed by atoms with van der Waals surface area (Å²) < 4.78 is 13.6. The largest absolute Gasteiger partial charge is 0.378 e. The van der Waals surface area contributed by atoms with Crippen molar-refractivity contribution in [1.82, 2.24) is 10.6 Å². The molecule has 5 nitrogen and oxygen atoms in total. The third kappa shape index (κ3) is 4.93. The van der Waals surface area contributed by atoms with Crippen molar-refractivity contribution in [2.24, 2.45) is 0 Å². The van der Waals surface area contributed by atoms with Crippen LogP contribution in [0.1, 0.15) is 20.7 Å². The van der Waals surface area contributed by atoms with Gasteiger partial charge in [-0.2, -0.15) is 0 Å². The fourth-order valence-electron chi connectivity index (χ4n) is 2.17. The zero-order valence-electron chi connectivity index (χ0n) is 14.0. The summed E-state index contributed by atoms with van der Waals surface area (Å²) in [6.45, 7) is 0.372. The van der Waals surface area contributed by atoms with E-state index in [1.165, 1.54) is 18.2 Å². The van der Waals surface area contributed by atoms with Gasteiger partial charge < -0.3 is 15.5 Å². The molecule has 2 aromatic carbocycles. The molecule has 0 radical (unpaired) electrons. The summed E-state index contributed by atoms with van der Waals surface area (Å²) in [5, 5.41) is 5.26. The Morgan fingerprint density at radius 1 is 1.00 bits per heavy atom. The second kappa shape index (κ2) is 8.48. The fourth-order valence-corrected chi connectivity index (χ4v) is 2.42. The number of hydrogen-bond donors (Lipinski definition) is 2. The summed E-state index contributed by atoms with van der Waals surface area (Å²) in [5.74, 6) is -1.55. The molecule has 0 bridgehead atoms. The highest BCUT2D eigenvalue weighted by Gasteiger charge is 2.15. The van der Waals surface area contributed by atoms with Crippen LogP contribution < -0.4 is 15.5 Å². The minimum atomic E-state index is -0.685. The van der Waals surface area contributed by atoms with Gasteiger partial charge in [0.25, 0.3) is 11.8 Å². The molecule has 7 heteroatoms. The van der Waals surface area contributed by atoms with Crippen molar-refractivity contribution in [1.29, 1.82) is 0 Å². The molecule has 2 rings (SSSR count). The van der Waals surface area contributed by atoms with Crippen LogP contribution in [-0.2, 0) is 0 Å². The predicted molar refractivity (Wildman–Crippen MR) is 96.8 cm³/mol. The first-order valence-electron chi connectivity index (χ1n) is 7.68. The Kier molecular flexibility index (Phi) is 6.36. The number of rotatable bonds is 6. The van der Waals surface area contributed by atoms with Crippen LogP contribution in [0.15, 0.2) is 42.5 Å². The molecule has 0 saturated heterocycles. The second-order valence-electron chi connectivity index (χ2n) is 5.55. The zero-order valence-corrected chi connectivity index (χ0v) is 14.7. The van der Waals surface area contributed by atoms with Gasteiger partial charge in [0, 0.05) is 38.4 Å². The van der Waals surface area contributed by atoms with E-state index in [0.29, 0.717) is 5.56 Å². The van der Waals surface area contributed by atoms with Gasteiger partial charge >= 0.3 is 0 Å². The number of anilines is 1. The minimum absolute atomic E-state index is 0.0440. The van der Waals surface area contributed by atoms with Gasteiger partial charge in [-0.3, -0.25) is 9.59 Å². The fraction of sp³-hybridized carbons (Fsp3) is 0.222. The Morgan fingerprint density at radius 2 is 1.60 bits per heavy atom. The Labute approximate surface area is 150 Å². The molecule has 2 amide bonds. The van der Waals surface area contributed by atoms with Crippen LogP contribution in [0.3, 0.4) is 0 Å². The van der Waals surface area contributed by atoms with E-state index >= 15 is 0 Å². The van der Waals surface area contributed by atoms with Crippen molar-refractivity contribution in [2.75, 3.05) is 32.1 Å². The smallest absolute Gasteiger partial charge is 0.255 e. The third-order valence-corrected chi connectivity index (χ3v) is 3.85. The number of carbonyl (C=O) groups excluding carboxylic acids is 2. The normalized spacial score (nSPS) is 10.2. The first-order valence-corrected chi connectivity index (χ1v) is 8.05. The molecule has 0 aromatic heterocycles. The van der Waals surface area contributed by atoms with Gasteiger partial charge in [0.15, 0.2) is 0 Å². The quantitative estimate of drug-likeness (QED) is 0.776. The highest BCUT2D eigenvalue weighted by molar-refractivity contribution is 6.33. The average molecular weight is 364 g/mol. The maximum atomic E-state index is 13.6.